The molecule has 0 fully saturated rings. The number of hydrogen-bond acceptors (Lipinski definition) is 5. The molecule has 0 bridgehead atoms. The van der Waals surface area contributed by atoms with Crippen molar-refractivity contribution in [3.05, 3.63) is 86.4 Å². The van der Waals surface area contributed by atoms with E-state index in [9.17, 15) is 4.79 Å². The largest absolute Gasteiger partial charge is 0.493 e. The van der Waals surface area contributed by atoms with Crippen LogP contribution in [0.5, 0.6) is 17.2 Å². The number of benzene rings is 3. The molecule has 34 heavy (non-hydrogen) atoms. The van der Waals surface area contributed by atoms with Crippen LogP contribution < -0.4 is 19.8 Å². The third-order valence-corrected chi connectivity index (χ3v) is 5.67. The second-order valence-electron chi connectivity index (χ2n) is 7.91. The quantitative estimate of drug-likeness (QED) is 0.349. The Kier molecular flexibility index (Phi) is 6.61. The molecule has 0 spiro atoms. The van der Waals surface area contributed by atoms with Gasteiger partial charge in [-0.05, 0) is 79.1 Å². The zero-order valence-corrected chi connectivity index (χ0v) is 20.4. The lowest BCUT2D eigenvalue weighted by atomic mass is 10.1. The number of methoxy groups -OCH3 is 3. The van der Waals surface area contributed by atoms with E-state index in [-0.39, 0.29) is 5.56 Å². The van der Waals surface area contributed by atoms with E-state index in [2.05, 4.69) is 6.07 Å². The van der Waals surface area contributed by atoms with Crippen molar-refractivity contribution in [2.24, 2.45) is 0 Å². The minimum Gasteiger partial charge on any atom is -0.493 e. The van der Waals surface area contributed by atoms with E-state index in [0.717, 1.165) is 22.4 Å². The minimum absolute atomic E-state index is 0.170. The van der Waals surface area contributed by atoms with Gasteiger partial charge in [0.2, 0.25) is 5.75 Å². The van der Waals surface area contributed by atoms with E-state index < -0.39 is 0 Å². The summed E-state index contributed by atoms with van der Waals surface area (Å²) in [6, 6.07) is 14.8. The molecule has 4 aromatic rings. The minimum atomic E-state index is -0.170. The van der Waals surface area contributed by atoms with E-state index in [1.807, 2.05) is 44.2 Å². The summed E-state index contributed by atoms with van der Waals surface area (Å²) in [4.78, 5) is 18.3. The summed E-state index contributed by atoms with van der Waals surface area (Å²) in [7, 11) is 4.69. The summed E-state index contributed by atoms with van der Waals surface area (Å²) >= 11 is 6.18. The predicted molar refractivity (Wildman–Crippen MR) is 137 cm³/mol. The summed E-state index contributed by atoms with van der Waals surface area (Å²) in [5.74, 6) is 2.05. The zero-order chi connectivity index (χ0) is 24.4. The summed E-state index contributed by atoms with van der Waals surface area (Å²) < 4.78 is 17.9. The first-order valence-electron chi connectivity index (χ1n) is 10.6. The molecule has 1 heterocycles. The normalized spacial score (nSPS) is 11.2. The average Bonchev–Trinajstić information content (AvgIpc) is 2.81. The third kappa shape index (κ3) is 4.50. The fourth-order valence-electron chi connectivity index (χ4n) is 3.99. The van der Waals surface area contributed by atoms with Crippen molar-refractivity contribution in [1.29, 1.82) is 0 Å². The highest BCUT2D eigenvalue weighted by Crippen LogP contribution is 2.38. The lowest BCUT2D eigenvalue weighted by Gasteiger charge is -2.14. The second kappa shape index (κ2) is 9.61. The molecular formula is C27H25ClN2O4. The van der Waals surface area contributed by atoms with Gasteiger partial charge in [0.1, 0.15) is 5.82 Å². The predicted octanol–water partition coefficient (Wildman–Crippen LogP) is 5.85. The monoisotopic (exact) mass is 476 g/mol. The SMILES string of the molecule is COc1cc(C=Cc2nc3cc(Cl)ccc3c(=O)n2-c2cc(C)cc(C)c2)cc(OC)c1OC. The summed E-state index contributed by atoms with van der Waals surface area (Å²) in [6.45, 7) is 4.00. The van der Waals surface area contributed by atoms with Gasteiger partial charge in [-0.15, -0.1) is 0 Å². The van der Waals surface area contributed by atoms with Crippen LogP contribution in [0.1, 0.15) is 22.5 Å². The molecule has 6 nitrogen and oxygen atoms in total. The molecule has 3 aromatic carbocycles. The van der Waals surface area contributed by atoms with Crippen molar-refractivity contribution in [3.8, 4) is 22.9 Å². The van der Waals surface area contributed by atoms with Gasteiger partial charge in [-0.3, -0.25) is 9.36 Å². The molecule has 0 aliphatic rings. The molecule has 0 saturated heterocycles. The van der Waals surface area contributed by atoms with Gasteiger partial charge in [-0.2, -0.15) is 0 Å². The van der Waals surface area contributed by atoms with E-state index in [0.29, 0.717) is 39.0 Å². The zero-order valence-electron chi connectivity index (χ0n) is 19.7. The smallest absolute Gasteiger partial charge is 0.266 e. The fraction of sp³-hybridized carbons (Fsp3) is 0.185. The second-order valence-corrected chi connectivity index (χ2v) is 8.35. The van der Waals surface area contributed by atoms with Gasteiger partial charge in [0.15, 0.2) is 11.5 Å². The van der Waals surface area contributed by atoms with Crippen LogP contribution in [0.3, 0.4) is 0 Å². The summed E-state index contributed by atoms with van der Waals surface area (Å²) in [6.07, 6.45) is 3.64. The molecule has 1 aromatic heterocycles. The number of ether oxygens (including phenoxy) is 3. The maximum Gasteiger partial charge on any atom is 0.266 e. The number of rotatable bonds is 6. The van der Waals surface area contributed by atoms with Crippen LogP contribution in [0.25, 0.3) is 28.7 Å². The Hall–Kier alpha value is -3.77. The number of nitrogens with zero attached hydrogens (tertiary/aromatic N) is 2. The lowest BCUT2D eigenvalue weighted by Crippen LogP contribution is -2.22. The number of hydrogen-bond donors (Lipinski definition) is 0. The summed E-state index contributed by atoms with van der Waals surface area (Å²) in [5.41, 5.74) is 4.01. The van der Waals surface area contributed by atoms with E-state index in [1.165, 1.54) is 0 Å². The average molecular weight is 477 g/mol. The van der Waals surface area contributed by atoms with Crippen LogP contribution in [-0.4, -0.2) is 30.9 Å². The van der Waals surface area contributed by atoms with Gasteiger partial charge in [-0.25, -0.2) is 4.98 Å². The Bertz CT molecular complexity index is 1430. The van der Waals surface area contributed by atoms with Crippen LogP contribution in [0.4, 0.5) is 0 Å². The molecule has 0 unspecified atom stereocenters. The van der Waals surface area contributed by atoms with E-state index in [4.69, 9.17) is 30.8 Å². The number of aromatic nitrogens is 2. The number of aryl methyl sites for hydroxylation is 2. The molecule has 0 amide bonds. The molecule has 0 aliphatic heterocycles. The first-order chi connectivity index (χ1) is 16.3. The van der Waals surface area contributed by atoms with Crippen molar-refractivity contribution >= 4 is 34.7 Å². The van der Waals surface area contributed by atoms with Crippen molar-refractivity contribution in [2.75, 3.05) is 21.3 Å². The van der Waals surface area contributed by atoms with Gasteiger partial charge >= 0.3 is 0 Å². The van der Waals surface area contributed by atoms with Crippen LogP contribution in [0.2, 0.25) is 5.02 Å². The Morgan fingerprint density at radius 1 is 0.853 bits per heavy atom. The molecule has 0 aliphatic carbocycles. The third-order valence-electron chi connectivity index (χ3n) is 5.43. The Morgan fingerprint density at radius 2 is 1.50 bits per heavy atom. The number of halogens is 1. The van der Waals surface area contributed by atoms with Crippen LogP contribution in [-0.2, 0) is 0 Å². The highest BCUT2D eigenvalue weighted by molar-refractivity contribution is 6.31. The molecule has 4 rings (SSSR count). The van der Waals surface area contributed by atoms with Crippen LogP contribution in [0.15, 0.2) is 53.3 Å². The first-order valence-corrected chi connectivity index (χ1v) is 11.0. The van der Waals surface area contributed by atoms with Crippen molar-refractivity contribution < 1.29 is 14.2 Å². The summed E-state index contributed by atoms with van der Waals surface area (Å²) in [5, 5.41) is 1.01. The van der Waals surface area contributed by atoms with Gasteiger partial charge in [0, 0.05) is 5.02 Å². The topological polar surface area (TPSA) is 62.6 Å². The van der Waals surface area contributed by atoms with Crippen LogP contribution in [0, 0.1) is 13.8 Å². The molecule has 0 saturated carbocycles. The van der Waals surface area contributed by atoms with Gasteiger partial charge in [-0.1, -0.05) is 23.7 Å². The van der Waals surface area contributed by atoms with Crippen molar-refractivity contribution in [1.82, 2.24) is 9.55 Å². The fourth-order valence-corrected chi connectivity index (χ4v) is 4.15. The van der Waals surface area contributed by atoms with E-state index >= 15 is 0 Å². The number of fused-ring (bicyclic) bond motifs is 1. The van der Waals surface area contributed by atoms with Crippen LogP contribution >= 0.6 is 11.6 Å². The molecule has 0 N–H and O–H groups in total. The molecule has 0 atom stereocenters. The Labute approximate surface area is 203 Å². The molecule has 174 valence electrons. The van der Waals surface area contributed by atoms with E-state index in [1.54, 1.807) is 50.2 Å². The maximum atomic E-state index is 13.6. The van der Waals surface area contributed by atoms with Crippen molar-refractivity contribution in [2.45, 2.75) is 13.8 Å². The van der Waals surface area contributed by atoms with Gasteiger partial charge in [0.25, 0.3) is 5.56 Å². The standard InChI is InChI=1S/C27H25ClN2O4/c1-16-10-17(2)12-20(11-16)30-25(29-22-15-19(28)7-8-21(22)27(30)31)9-6-18-13-23(32-3)26(34-5)24(14-18)33-4/h6-15H,1-5H3. The highest BCUT2D eigenvalue weighted by atomic mass is 35.5. The van der Waals surface area contributed by atoms with Gasteiger partial charge in [0.05, 0.1) is 37.9 Å². The highest BCUT2D eigenvalue weighted by Gasteiger charge is 2.14. The van der Waals surface area contributed by atoms with Gasteiger partial charge < -0.3 is 14.2 Å². The maximum absolute atomic E-state index is 13.6. The molecule has 0 radical (unpaired) electrons. The molecular weight excluding hydrogens is 452 g/mol. The van der Waals surface area contributed by atoms with Crippen molar-refractivity contribution in [3.63, 3.8) is 0 Å². The first kappa shape index (κ1) is 23.4. The Morgan fingerprint density at radius 3 is 2.09 bits per heavy atom. The lowest BCUT2D eigenvalue weighted by molar-refractivity contribution is 0.324. The Balaban J connectivity index is 1.94. The molecule has 7 heteroatoms.